The highest BCUT2D eigenvalue weighted by Crippen LogP contribution is 2.28. The number of nitrogens with zero attached hydrogens (tertiary/aromatic N) is 2. The Morgan fingerprint density at radius 3 is 2.44 bits per heavy atom. The molecular formula is C31H30Cl2N3O6S-. The topological polar surface area (TPSA) is 149 Å². The van der Waals surface area contributed by atoms with Gasteiger partial charge in [0.1, 0.15) is 5.75 Å². The van der Waals surface area contributed by atoms with Gasteiger partial charge in [-0.25, -0.2) is 0 Å². The van der Waals surface area contributed by atoms with Gasteiger partial charge in [0.25, 0.3) is 15.9 Å². The number of ketones is 1. The predicted octanol–water partition coefficient (Wildman–Crippen LogP) is 6.23. The normalized spacial score (nSPS) is 11.6. The molecule has 0 aromatic heterocycles. The zero-order valence-corrected chi connectivity index (χ0v) is 26.0. The van der Waals surface area contributed by atoms with E-state index in [2.05, 4.69) is 16.6 Å². The van der Waals surface area contributed by atoms with Crippen LogP contribution in [0, 0.1) is 18.3 Å². The quantitative estimate of drug-likeness (QED) is 0.0947. The molecule has 43 heavy (non-hydrogen) atoms. The van der Waals surface area contributed by atoms with E-state index in [1.165, 1.54) is 54.6 Å². The lowest BCUT2D eigenvalue weighted by atomic mass is 10.0. The molecule has 0 radical (unpaired) electrons. The highest BCUT2D eigenvalue weighted by molar-refractivity contribution is 7.90. The van der Waals surface area contributed by atoms with Gasteiger partial charge in [-0.3, -0.25) is 9.59 Å². The van der Waals surface area contributed by atoms with Gasteiger partial charge in [0.2, 0.25) is 0 Å². The van der Waals surface area contributed by atoms with Crippen LogP contribution in [0.25, 0.3) is 0 Å². The standard InChI is InChI=1S/C31H31Cl2N3O6S/c1-3-4-5-6-7-8-29(37)36-43(40,41)25-10-11-27(20(2)13-25)35-30(38)19-42-28-12-9-23(32)17-26(28)31(39)22-14-21(18-34)15-24(33)16-22/h9-17H,3-8,19H2,1-2H3,(H,35,38)(H,36,37)/p-1. The minimum Gasteiger partial charge on any atom is -0.861 e. The summed E-state index contributed by atoms with van der Waals surface area (Å²) in [5.74, 6) is -1.70. The summed E-state index contributed by atoms with van der Waals surface area (Å²) in [7, 11) is -4.20. The first-order valence-electron chi connectivity index (χ1n) is 13.5. The molecule has 0 unspecified atom stereocenters. The van der Waals surface area contributed by atoms with Gasteiger partial charge in [-0.2, -0.15) is 18.1 Å². The molecule has 3 rings (SSSR count). The van der Waals surface area contributed by atoms with Crippen molar-refractivity contribution in [1.29, 1.82) is 5.26 Å². The van der Waals surface area contributed by atoms with E-state index in [9.17, 15) is 28.4 Å². The van der Waals surface area contributed by atoms with Crippen molar-refractivity contribution in [2.24, 2.45) is 4.40 Å². The number of unbranched alkanes of at least 4 members (excludes halogenated alkanes) is 4. The molecule has 0 saturated carbocycles. The van der Waals surface area contributed by atoms with Crippen molar-refractivity contribution in [3.05, 3.63) is 86.9 Å². The number of anilines is 1. The fraction of sp³-hybridized carbons (Fsp3) is 0.290. The molecule has 1 amide bonds. The summed E-state index contributed by atoms with van der Waals surface area (Å²) in [5, 5.41) is 24.4. The Labute approximate surface area is 261 Å². The van der Waals surface area contributed by atoms with E-state index in [0.717, 1.165) is 25.7 Å². The van der Waals surface area contributed by atoms with Crippen LogP contribution >= 0.6 is 23.2 Å². The Balaban J connectivity index is 1.67. The molecule has 3 aromatic rings. The van der Waals surface area contributed by atoms with Crippen LogP contribution in [-0.2, 0) is 14.8 Å². The number of aryl methyl sites for hydroxylation is 1. The van der Waals surface area contributed by atoms with E-state index in [1.807, 2.05) is 6.07 Å². The van der Waals surface area contributed by atoms with Gasteiger partial charge in [0.05, 0.1) is 22.1 Å². The fourth-order valence-corrected chi connectivity index (χ4v) is 5.56. The molecule has 0 bridgehead atoms. The molecule has 1 N–H and O–H groups in total. The van der Waals surface area contributed by atoms with E-state index >= 15 is 0 Å². The van der Waals surface area contributed by atoms with Crippen LogP contribution in [0.5, 0.6) is 5.75 Å². The highest BCUT2D eigenvalue weighted by Gasteiger charge is 2.19. The van der Waals surface area contributed by atoms with Crippen molar-refractivity contribution in [1.82, 2.24) is 0 Å². The van der Waals surface area contributed by atoms with Gasteiger partial charge in [-0.1, -0.05) is 55.8 Å². The second kappa shape index (κ2) is 15.5. The van der Waals surface area contributed by atoms with E-state index in [4.69, 9.17) is 27.9 Å². The smallest absolute Gasteiger partial charge is 0.281 e. The van der Waals surface area contributed by atoms with E-state index in [-0.39, 0.29) is 43.8 Å². The zero-order chi connectivity index (χ0) is 31.6. The van der Waals surface area contributed by atoms with Crippen molar-refractivity contribution >= 4 is 56.5 Å². The first-order valence-corrected chi connectivity index (χ1v) is 15.7. The molecule has 0 fully saturated rings. The van der Waals surface area contributed by atoms with Gasteiger partial charge in [0, 0.05) is 21.3 Å². The van der Waals surface area contributed by atoms with Crippen molar-refractivity contribution in [3.8, 4) is 11.8 Å². The molecule has 9 nitrogen and oxygen atoms in total. The maximum atomic E-state index is 13.2. The number of benzene rings is 3. The minimum atomic E-state index is -4.20. The monoisotopic (exact) mass is 642 g/mol. The summed E-state index contributed by atoms with van der Waals surface area (Å²) in [5.41, 5.74) is 1.16. The number of ether oxygens (including phenoxy) is 1. The first kappa shape index (κ1) is 33.6. The van der Waals surface area contributed by atoms with Gasteiger partial charge >= 0.3 is 0 Å². The number of hydrogen-bond donors (Lipinski definition) is 1. The predicted molar refractivity (Wildman–Crippen MR) is 164 cm³/mol. The maximum absolute atomic E-state index is 13.2. The van der Waals surface area contributed by atoms with Gasteiger partial charge in [-0.05, 0) is 85.8 Å². The molecule has 0 aliphatic heterocycles. The lowest BCUT2D eigenvalue weighted by Crippen LogP contribution is -2.21. The van der Waals surface area contributed by atoms with Crippen LogP contribution in [0.3, 0.4) is 0 Å². The number of halogens is 2. The molecule has 0 aliphatic rings. The number of nitriles is 1. The largest absolute Gasteiger partial charge is 0.861 e. The molecule has 0 atom stereocenters. The van der Waals surface area contributed by atoms with Crippen LogP contribution in [0.1, 0.15) is 72.5 Å². The number of sulfonamides is 1. The van der Waals surface area contributed by atoms with Crippen LogP contribution in [0.4, 0.5) is 5.69 Å². The van der Waals surface area contributed by atoms with Gasteiger partial charge in [-0.15, -0.1) is 0 Å². The Hall–Kier alpha value is -3.91. The molecule has 12 heteroatoms. The minimum absolute atomic E-state index is 0.0662. The fourth-order valence-electron chi connectivity index (χ4n) is 4.12. The highest BCUT2D eigenvalue weighted by atomic mass is 35.5. The molecule has 0 saturated heterocycles. The molecular weight excluding hydrogens is 613 g/mol. The Morgan fingerprint density at radius 2 is 1.74 bits per heavy atom. The Kier molecular flexibility index (Phi) is 12.1. The van der Waals surface area contributed by atoms with E-state index in [0.29, 0.717) is 17.7 Å². The lowest BCUT2D eigenvalue weighted by Gasteiger charge is -2.14. The number of amides is 1. The maximum Gasteiger partial charge on any atom is 0.281 e. The number of nitrogens with one attached hydrogen (secondary N) is 1. The molecule has 226 valence electrons. The van der Waals surface area contributed by atoms with Gasteiger partial charge in [0.15, 0.2) is 12.4 Å². The van der Waals surface area contributed by atoms with Crippen molar-refractivity contribution in [2.45, 2.75) is 57.3 Å². The van der Waals surface area contributed by atoms with Crippen molar-refractivity contribution in [3.63, 3.8) is 0 Å². The molecule has 0 heterocycles. The summed E-state index contributed by atoms with van der Waals surface area (Å²) < 4.78 is 34.3. The summed E-state index contributed by atoms with van der Waals surface area (Å²) in [6, 6.07) is 14.5. The zero-order valence-electron chi connectivity index (χ0n) is 23.7. The SMILES string of the molecule is CCCCCCC/C([O-])=N/S(=O)(=O)c1ccc(NC(=O)COc2ccc(Cl)cc2C(=O)c2cc(Cl)cc(C#N)c2)c(C)c1. The van der Waals surface area contributed by atoms with E-state index < -0.39 is 34.2 Å². The lowest BCUT2D eigenvalue weighted by molar-refractivity contribution is -0.218. The summed E-state index contributed by atoms with van der Waals surface area (Å²) in [6.07, 6.45) is 4.60. The van der Waals surface area contributed by atoms with Crippen molar-refractivity contribution < 1.29 is 27.9 Å². The van der Waals surface area contributed by atoms with Crippen LogP contribution in [0.2, 0.25) is 10.0 Å². The Morgan fingerprint density at radius 1 is 1.00 bits per heavy atom. The van der Waals surface area contributed by atoms with Crippen LogP contribution in [0.15, 0.2) is 63.9 Å². The number of hydrogen-bond acceptors (Lipinski definition) is 7. The molecule has 3 aromatic carbocycles. The second-order valence-corrected chi connectivity index (χ2v) is 12.2. The average molecular weight is 644 g/mol. The average Bonchev–Trinajstić information content (AvgIpc) is 2.96. The number of rotatable bonds is 14. The van der Waals surface area contributed by atoms with Gasteiger partial charge < -0.3 is 15.2 Å². The summed E-state index contributed by atoms with van der Waals surface area (Å²) in [6.45, 7) is 3.20. The Bertz CT molecular complexity index is 1680. The first-order chi connectivity index (χ1) is 20.4. The van der Waals surface area contributed by atoms with Crippen LogP contribution < -0.4 is 15.2 Å². The van der Waals surface area contributed by atoms with Crippen LogP contribution in [-0.4, -0.2) is 32.6 Å². The number of carbonyl (C=O) groups excluding carboxylic acids is 2. The summed E-state index contributed by atoms with van der Waals surface area (Å²) >= 11 is 12.1. The third-order valence-electron chi connectivity index (χ3n) is 6.32. The third kappa shape index (κ3) is 9.82. The number of carbonyl (C=O) groups is 2. The summed E-state index contributed by atoms with van der Waals surface area (Å²) in [4.78, 5) is 25.7. The van der Waals surface area contributed by atoms with E-state index in [1.54, 1.807) is 6.92 Å². The second-order valence-electron chi connectivity index (χ2n) is 9.75. The van der Waals surface area contributed by atoms with Crippen molar-refractivity contribution in [2.75, 3.05) is 11.9 Å². The molecule has 0 spiro atoms. The molecule has 0 aliphatic carbocycles. The third-order valence-corrected chi connectivity index (χ3v) is 8.07.